The van der Waals surface area contributed by atoms with Gasteiger partial charge >= 0.3 is 0 Å². The van der Waals surface area contributed by atoms with Crippen LogP contribution in [0.15, 0.2) is 83.5 Å². The Morgan fingerprint density at radius 3 is 2.38 bits per heavy atom. The van der Waals surface area contributed by atoms with Gasteiger partial charge in [0.1, 0.15) is 0 Å². The van der Waals surface area contributed by atoms with Crippen molar-refractivity contribution in [2.75, 3.05) is 13.1 Å². The van der Waals surface area contributed by atoms with Crippen molar-refractivity contribution in [3.05, 3.63) is 95.1 Å². The van der Waals surface area contributed by atoms with Crippen LogP contribution >= 0.6 is 11.3 Å². The number of rotatable bonds is 6. The molecule has 1 saturated heterocycles. The summed E-state index contributed by atoms with van der Waals surface area (Å²) in [7, 11) is 0. The Kier molecular flexibility index (Phi) is 5.65. The van der Waals surface area contributed by atoms with Gasteiger partial charge in [-0.3, -0.25) is 4.90 Å². The maximum absolute atomic E-state index is 11.2. The van der Waals surface area contributed by atoms with E-state index in [1.807, 2.05) is 18.2 Å². The zero-order chi connectivity index (χ0) is 22.9. The highest BCUT2D eigenvalue weighted by atomic mass is 32.1. The molecule has 0 amide bonds. The highest BCUT2D eigenvalue weighted by Gasteiger charge is 2.32. The third-order valence-electron chi connectivity index (χ3n) is 6.69. The van der Waals surface area contributed by atoms with Gasteiger partial charge in [-0.1, -0.05) is 72.0 Å². The van der Waals surface area contributed by atoms with Gasteiger partial charge in [-0.2, -0.15) is 9.50 Å². The zero-order valence-corrected chi connectivity index (χ0v) is 19.6. The summed E-state index contributed by atoms with van der Waals surface area (Å²) in [6.07, 6.45) is 5.01. The first-order chi connectivity index (χ1) is 16.8. The summed E-state index contributed by atoms with van der Waals surface area (Å²) in [5.74, 6) is 1.92. The van der Waals surface area contributed by atoms with Gasteiger partial charge in [0.15, 0.2) is 5.76 Å². The lowest BCUT2D eigenvalue weighted by Crippen LogP contribution is -2.37. The molecule has 6 nitrogen and oxygen atoms in total. The van der Waals surface area contributed by atoms with E-state index in [1.165, 1.54) is 27.0 Å². The fourth-order valence-electron chi connectivity index (χ4n) is 4.96. The van der Waals surface area contributed by atoms with Gasteiger partial charge in [0.25, 0.3) is 0 Å². The summed E-state index contributed by atoms with van der Waals surface area (Å²) in [6, 6.07) is 24.8. The minimum Gasteiger partial charge on any atom is -0.492 e. The summed E-state index contributed by atoms with van der Waals surface area (Å²) in [6.45, 7) is 1.98. The number of aromatic nitrogens is 3. The van der Waals surface area contributed by atoms with E-state index in [2.05, 4.69) is 69.6 Å². The molecule has 0 bridgehead atoms. The summed E-state index contributed by atoms with van der Waals surface area (Å²) in [5, 5.41) is 15.7. The molecule has 7 heteroatoms. The maximum Gasteiger partial charge on any atom is 0.230 e. The average molecular weight is 471 g/mol. The van der Waals surface area contributed by atoms with E-state index in [1.54, 1.807) is 6.26 Å². The van der Waals surface area contributed by atoms with Crippen LogP contribution < -0.4 is 0 Å². The fraction of sp³-hybridized carbons (Fsp3) is 0.259. The number of hydrogen-bond acceptors (Lipinski definition) is 6. The van der Waals surface area contributed by atoms with E-state index >= 15 is 0 Å². The van der Waals surface area contributed by atoms with Crippen LogP contribution in [0.1, 0.15) is 34.9 Å². The van der Waals surface area contributed by atoms with Crippen LogP contribution in [0.2, 0.25) is 0 Å². The molecule has 1 aliphatic heterocycles. The van der Waals surface area contributed by atoms with Gasteiger partial charge in [-0.15, -0.1) is 5.10 Å². The van der Waals surface area contributed by atoms with Gasteiger partial charge in [-0.25, -0.2) is 0 Å². The van der Waals surface area contributed by atoms with Crippen molar-refractivity contribution in [2.24, 2.45) is 5.92 Å². The van der Waals surface area contributed by atoms with Crippen molar-refractivity contribution in [3.8, 4) is 17.5 Å². The molecule has 4 heterocycles. The van der Waals surface area contributed by atoms with Gasteiger partial charge < -0.3 is 9.52 Å². The molecule has 0 aliphatic carbocycles. The van der Waals surface area contributed by atoms with Crippen LogP contribution in [-0.2, 0) is 6.42 Å². The molecular weight excluding hydrogens is 444 g/mol. The highest BCUT2D eigenvalue weighted by molar-refractivity contribution is 7.17. The smallest absolute Gasteiger partial charge is 0.230 e. The van der Waals surface area contributed by atoms with Crippen LogP contribution in [0, 0.1) is 5.92 Å². The monoisotopic (exact) mass is 470 g/mol. The predicted octanol–water partition coefficient (Wildman–Crippen LogP) is 5.80. The molecule has 1 aliphatic rings. The lowest BCUT2D eigenvalue weighted by molar-refractivity contribution is 0.150. The van der Waals surface area contributed by atoms with Gasteiger partial charge in [0.05, 0.1) is 17.2 Å². The molecule has 2 aromatic carbocycles. The molecule has 34 heavy (non-hydrogen) atoms. The molecule has 1 N–H and O–H groups in total. The molecule has 0 radical (unpaired) electrons. The molecular formula is C27H26N4O2S. The summed E-state index contributed by atoms with van der Waals surface area (Å²) < 4.78 is 6.97. The van der Waals surface area contributed by atoms with Crippen molar-refractivity contribution in [1.29, 1.82) is 0 Å². The third-order valence-corrected chi connectivity index (χ3v) is 7.76. The number of piperidine rings is 1. The Hall–Kier alpha value is -3.42. The number of aromatic hydroxyl groups is 1. The van der Waals surface area contributed by atoms with Crippen LogP contribution in [-0.4, -0.2) is 37.7 Å². The third kappa shape index (κ3) is 4.02. The van der Waals surface area contributed by atoms with E-state index < -0.39 is 0 Å². The number of likely N-dealkylation sites (tertiary alicyclic amines) is 1. The second-order valence-corrected chi connectivity index (χ2v) is 9.89. The topological polar surface area (TPSA) is 66.8 Å². The first kappa shape index (κ1) is 21.1. The first-order valence-corrected chi connectivity index (χ1v) is 12.5. The number of fused-ring (bicyclic) bond motifs is 1. The van der Waals surface area contributed by atoms with E-state index in [9.17, 15) is 5.11 Å². The average Bonchev–Trinajstić information content (AvgIpc) is 3.61. The largest absolute Gasteiger partial charge is 0.492 e. The van der Waals surface area contributed by atoms with Crippen molar-refractivity contribution in [3.63, 3.8) is 0 Å². The molecule has 3 aromatic heterocycles. The molecule has 0 saturated carbocycles. The minimum absolute atomic E-state index is 0.0283. The molecule has 0 spiro atoms. The number of benzene rings is 2. The standard InChI is InChI=1S/C27H26N4O2S/c32-26-24(34-27-28-25(29-31(26)27)22-12-7-17-33-22)23(21-10-5-2-6-11-21)30-15-13-20(14-16-30)18-19-8-3-1-4-9-19/h1-12,17,20,23,32H,13-16,18H2/t23-/m0/s1. The number of nitrogens with zero attached hydrogens (tertiary/aromatic N) is 4. The normalized spacial score (nSPS) is 16.2. The SMILES string of the molecule is Oc1c([C@H](c2ccccc2)N2CCC(Cc3ccccc3)CC2)sc2nc(-c3ccco3)nn12. The van der Waals surface area contributed by atoms with Gasteiger partial charge in [0.2, 0.25) is 16.7 Å². The molecule has 6 rings (SSSR count). The van der Waals surface area contributed by atoms with Crippen molar-refractivity contribution in [1.82, 2.24) is 19.5 Å². The number of hydrogen-bond donors (Lipinski definition) is 1. The molecule has 5 aromatic rings. The van der Waals surface area contributed by atoms with Crippen LogP contribution in [0.5, 0.6) is 5.88 Å². The first-order valence-electron chi connectivity index (χ1n) is 11.7. The van der Waals surface area contributed by atoms with E-state index in [0.717, 1.165) is 37.2 Å². The van der Waals surface area contributed by atoms with Crippen molar-refractivity contribution >= 4 is 16.3 Å². The Morgan fingerprint density at radius 2 is 1.71 bits per heavy atom. The Morgan fingerprint density at radius 1 is 0.971 bits per heavy atom. The Balaban J connectivity index is 1.28. The molecule has 1 atom stereocenters. The van der Waals surface area contributed by atoms with Crippen LogP contribution in [0.25, 0.3) is 16.5 Å². The lowest BCUT2D eigenvalue weighted by Gasteiger charge is -2.37. The van der Waals surface area contributed by atoms with Crippen LogP contribution in [0.3, 0.4) is 0 Å². The lowest BCUT2D eigenvalue weighted by atomic mass is 9.89. The quantitative estimate of drug-likeness (QED) is 0.340. The number of furan rings is 1. The summed E-state index contributed by atoms with van der Waals surface area (Å²) >= 11 is 1.50. The van der Waals surface area contributed by atoms with Gasteiger partial charge in [-0.05, 0) is 61.5 Å². The van der Waals surface area contributed by atoms with Crippen molar-refractivity contribution < 1.29 is 9.52 Å². The van der Waals surface area contributed by atoms with E-state index in [4.69, 9.17) is 4.42 Å². The highest BCUT2D eigenvalue weighted by Crippen LogP contribution is 2.42. The Bertz CT molecular complexity index is 1350. The zero-order valence-electron chi connectivity index (χ0n) is 18.7. The van der Waals surface area contributed by atoms with Crippen molar-refractivity contribution in [2.45, 2.75) is 25.3 Å². The van der Waals surface area contributed by atoms with E-state index in [-0.39, 0.29) is 11.9 Å². The maximum atomic E-state index is 11.2. The van der Waals surface area contributed by atoms with Gasteiger partial charge in [0, 0.05) is 0 Å². The second-order valence-electron chi connectivity index (χ2n) is 8.88. The minimum atomic E-state index is -0.0283. The van der Waals surface area contributed by atoms with Crippen LogP contribution in [0.4, 0.5) is 0 Å². The summed E-state index contributed by atoms with van der Waals surface area (Å²) in [5.41, 5.74) is 2.59. The summed E-state index contributed by atoms with van der Waals surface area (Å²) in [4.78, 5) is 8.66. The molecule has 1 fully saturated rings. The van der Waals surface area contributed by atoms with E-state index in [0.29, 0.717) is 22.5 Å². The molecule has 0 unspecified atom stereocenters. The molecule has 172 valence electrons. The Labute approximate surface area is 202 Å². The number of thiazole rings is 1. The second kappa shape index (κ2) is 9.08. The predicted molar refractivity (Wildman–Crippen MR) is 133 cm³/mol. The fourth-order valence-corrected chi connectivity index (χ4v) is 6.08.